The molecule has 1 aromatic rings. The van der Waals surface area contributed by atoms with Crippen LogP contribution in [0.4, 0.5) is 0 Å². The van der Waals surface area contributed by atoms with Crippen LogP contribution >= 0.6 is 0 Å². The van der Waals surface area contributed by atoms with Crippen LogP contribution in [0.15, 0.2) is 24.3 Å². The van der Waals surface area contributed by atoms with Crippen molar-refractivity contribution in [2.24, 2.45) is 0 Å². The van der Waals surface area contributed by atoms with E-state index in [9.17, 15) is 4.79 Å². The van der Waals surface area contributed by atoms with Gasteiger partial charge in [0.2, 0.25) is 0 Å². The molecule has 2 rings (SSSR count). The minimum atomic E-state index is -0.282. The summed E-state index contributed by atoms with van der Waals surface area (Å²) >= 11 is 0. The Hall–Kier alpha value is -1.83. The third kappa shape index (κ3) is 3.83. The summed E-state index contributed by atoms with van der Waals surface area (Å²) in [6, 6.07) is 7.19. The van der Waals surface area contributed by atoms with E-state index in [0.717, 1.165) is 12.0 Å². The number of hydrogen-bond donors (Lipinski definition) is 2. The molecule has 1 amide bonds. The Kier molecular flexibility index (Phi) is 4.78. The van der Waals surface area contributed by atoms with E-state index in [2.05, 4.69) is 17.2 Å². The van der Waals surface area contributed by atoms with Gasteiger partial charge in [-0.05, 0) is 31.5 Å². The molecule has 4 nitrogen and oxygen atoms in total. The van der Waals surface area contributed by atoms with Crippen molar-refractivity contribution < 1.29 is 14.6 Å². The lowest BCUT2D eigenvalue weighted by Crippen LogP contribution is -2.46. The van der Waals surface area contributed by atoms with E-state index < -0.39 is 0 Å². The monoisotopic (exact) mass is 273 g/mol. The zero-order valence-electron chi connectivity index (χ0n) is 11.6. The normalized spacial score (nSPS) is 21.1. The van der Waals surface area contributed by atoms with Crippen molar-refractivity contribution in [3.63, 3.8) is 0 Å². The van der Waals surface area contributed by atoms with E-state index >= 15 is 0 Å². The van der Waals surface area contributed by atoms with Gasteiger partial charge in [-0.25, -0.2) is 0 Å². The standard InChI is InChI=1S/C16H19NO3/c1-16(8-10-20-12-16)17-15(19)14-7-4-6-13(11-14)5-2-3-9-18/h4,6-7,11,18H,3,8-10,12H2,1H3,(H,17,19). The Labute approximate surface area is 119 Å². The Morgan fingerprint density at radius 3 is 3.10 bits per heavy atom. The van der Waals surface area contributed by atoms with E-state index in [1.165, 1.54) is 0 Å². The van der Waals surface area contributed by atoms with Crippen molar-refractivity contribution in [2.45, 2.75) is 25.3 Å². The second-order valence-electron chi connectivity index (χ2n) is 5.17. The molecule has 0 spiro atoms. The summed E-state index contributed by atoms with van der Waals surface area (Å²) in [7, 11) is 0. The van der Waals surface area contributed by atoms with Gasteiger partial charge in [0.15, 0.2) is 0 Å². The van der Waals surface area contributed by atoms with Gasteiger partial charge in [0.05, 0.1) is 18.8 Å². The fourth-order valence-electron chi connectivity index (χ4n) is 2.07. The van der Waals surface area contributed by atoms with E-state index in [0.29, 0.717) is 25.2 Å². The van der Waals surface area contributed by atoms with Crippen LogP contribution in [0.3, 0.4) is 0 Å². The van der Waals surface area contributed by atoms with Crippen LogP contribution in [-0.4, -0.2) is 36.4 Å². The number of amides is 1. The molecule has 4 heteroatoms. The highest BCUT2D eigenvalue weighted by molar-refractivity contribution is 5.95. The van der Waals surface area contributed by atoms with Gasteiger partial charge in [0.25, 0.3) is 5.91 Å². The molecule has 1 unspecified atom stereocenters. The highest BCUT2D eigenvalue weighted by Crippen LogP contribution is 2.18. The number of nitrogens with one attached hydrogen (secondary N) is 1. The third-order valence-electron chi connectivity index (χ3n) is 3.23. The predicted octanol–water partition coefficient (Wildman–Crippen LogP) is 1.33. The maximum atomic E-state index is 12.2. The molecule has 1 heterocycles. The molecular formula is C16H19NO3. The molecule has 1 aliphatic rings. The minimum Gasteiger partial charge on any atom is -0.395 e. The molecule has 1 aromatic carbocycles. The number of benzene rings is 1. The Bertz CT molecular complexity index is 536. The number of carbonyl (C=O) groups excluding carboxylic acids is 1. The van der Waals surface area contributed by atoms with Crippen molar-refractivity contribution in [3.8, 4) is 11.8 Å². The lowest BCUT2D eigenvalue weighted by molar-refractivity contribution is 0.0890. The fraction of sp³-hybridized carbons (Fsp3) is 0.438. The summed E-state index contributed by atoms with van der Waals surface area (Å²) in [5.74, 6) is 5.67. The lowest BCUT2D eigenvalue weighted by atomic mass is 10.0. The molecule has 0 aliphatic carbocycles. The van der Waals surface area contributed by atoms with Crippen molar-refractivity contribution in [1.82, 2.24) is 5.32 Å². The fourth-order valence-corrected chi connectivity index (χ4v) is 2.07. The first-order valence-electron chi connectivity index (χ1n) is 6.73. The van der Waals surface area contributed by atoms with Gasteiger partial charge in [-0.1, -0.05) is 17.9 Å². The molecular weight excluding hydrogens is 254 g/mol. The Morgan fingerprint density at radius 2 is 2.40 bits per heavy atom. The van der Waals surface area contributed by atoms with E-state index in [1.54, 1.807) is 12.1 Å². The third-order valence-corrected chi connectivity index (χ3v) is 3.23. The average molecular weight is 273 g/mol. The van der Waals surface area contributed by atoms with Crippen molar-refractivity contribution in [3.05, 3.63) is 35.4 Å². The van der Waals surface area contributed by atoms with Gasteiger partial charge in [0.1, 0.15) is 0 Å². The first-order valence-corrected chi connectivity index (χ1v) is 6.73. The SMILES string of the molecule is CC1(NC(=O)c2cccc(C#CCCO)c2)CCOC1. The molecule has 1 aliphatic heterocycles. The quantitative estimate of drug-likeness (QED) is 0.817. The topological polar surface area (TPSA) is 58.6 Å². The van der Waals surface area contributed by atoms with Crippen LogP contribution in [0.2, 0.25) is 0 Å². The van der Waals surface area contributed by atoms with Crippen LogP contribution in [0, 0.1) is 11.8 Å². The lowest BCUT2D eigenvalue weighted by Gasteiger charge is -2.23. The highest BCUT2D eigenvalue weighted by atomic mass is 16.5. The predicted molar refractivity (Wildman–Crippen MR) is 76.3 cm³/mol. The van der Waals surface area contributed by atoms with Crippen LogP contribution in [0.5, 0.6) is 0 Å². The molecule has 1 fully saturated rings. The summed E-state index contributed by atoms with van der Waals surface area (Å²) in [5, 5.41) is 11.7. The van der Waals surface area contributed by atoms with Gasteiger partial charge >= 0.3 is 0 Å². The summed E-state index contributed by atoms with van der Waals surface area (Å²) in [6.07, 6.45) is 1.26. The van der Waals surface area contributed by atoms with Gasteiger partial charge in [0, 0.05) is 24.2 Å². The highest BCUT2D eigenvalue weighted by Gasteiger charge is 2.31. The number of aliphatic hydroxyl groups excluding tert-OH is 1. The van der Waals surface area contributed by atoms with Crippen LogP contribution in [0.1, 0.15) is 35.7 Å². The molecule has 0 bridgehead atoms. The molecule has 1 saturated heterocycles. The van der Waals surface area contributed by atoms with Gasteiger partial charge in [-0.15, -0.1) is 0 Å². The molecule has 0 saturated carbocycles. The summed E-state index contributed by atoms with van der Waals surface area (Å²) < 4.78 is 5.33. The molecule has 1 atom stereocenters. The second kappa shape index (κ2) is 6.56. The summed E-state index contributed by atoms with van der Waals surface area (Å²) in [6.45, 7) is 3.27. The molecule has 0 radical (unpaired) electrons. The summed E-state index contributed by atoms with van der Waals surface area (Å²) in [5.41, 5.74) is 1.09. The van der Waals surface area contributed by atoms with Crippen molar-refractivity contribution >= 4 is 5.91 Å². The van der Waals surface area contributed by atoms with Gasteiger partial charge in [-0.3, -0.25) is 4.79 Å². The molecule has 20 heavy (non-hydrogen) atoms. The number of aliphatic hydroxyl groups is 1. The first kappa shape index (κ1) is 14.6. The Balaban J connectivity index is 2.07. The van der Waals surface area contributed by atoms with E-state index in [4.69, 9.17) is 9.84 Å². The maximum Gasteiger partial charge on any atom is 0.251 e. The zero-order chi connectivity index (χ0) is 14.4. The van der Waals surface area contributed by atoms with Gasteiger partial charge in [-0.2, -0.15) is 0 Å². The zero-order valence-corrected chi connectivity index (χ0v) is 11.6. The number of carbonyl (C=O) groups is 1. The smallest absolute Gasteiger partial charge is 0.251 e. The summed E-state index contributed by atoms with van der Waals surface area (Å²) in [4.78, 5) is 12.2. The van der Waals surface area contributed by atoms with Gasteiger partial charge < -0.3 is 15.2 Å². The van der Waals surface area contributed by atoms with E-state index in [-0.39, 0.29) is 18.1 Å². The first-order chi connectivity index (χ1) is 9.63. The number of ether oxygens (including phenoxy) is 1. The van der Waals surface area contributed by atoms with Crippen LogP contribution in [0.25, 0.3) is 0 Å². The molecule has 106 valence electrons. The van der Waals surface area contributed by atoms with Crippen molar-refractivity contribution in [1.29, 1.82) is 0 Å². The maximum absolute atomic E-state index is 12.2. The molecule has 2 N–H and O–H groups in total. The van der Waals surface area contributed by atoms with E-state index in [1.807, 2.05) is 19.1 Å². The minimum absolute atomic E-state index is 0.0472. The average Bonchev–Trinajstić information content (AvgIpc) is 2.86. The number of rotatable bonds is 3. The largest absolute Gasteiger partial charge is 0.395 e. The second-order valence-corrected chi connectivity index (χ2v) is 5.17. The Morgan fingerprint density at radius 1 is 1.55 bits per heavy atom. The van der Waals surface area contributed by atoms with Crippen molar-refractivity contribution in [2.75, 3.05) is 19.8 Å². The number of hydrogen-bond acceptors (Lipinski definition) is 3. The van der Waals surface area contributed by atoms with Crippen LogP contribution < -0.4 is 5.32 Å². The van der Waals surface area contributed by atoms with Crippen LogP contribution in [-0.2, 0) is 4.74 Å². The molecule has 0 aromatic heterocycles.